The number of anilines is 1. The highest BCUT2D eigenvalue weighted by atomic mass is 16.5. The molecule has 1 atom stereocenters. The Morgan fingerprint density at radius 2 is 1.88 bits per heavy atom. The van der Waals surface area contributed by atoms with Crippen LogP contribution in [0.3, 0.4) is 0 Å². The van der Waals surface area contributed by atoms with E-state index in [2.05, 4.69) is 0 Å². The van der Waals surface area contributed by atoms with Crippen LogP contribution in [-0.4, -0.2) is 43.0 Å². The van der Waals surface area contributed by atoms with Crippen LogP contribution in [0.15, 0.2) is 48.5 Å². The number of hydrogen-bond donors (Lipinski definition) is 0. The van der Waals surface area contributed by atoms with Crippen molar-refractivity contribution in [3.8, 4) is 5.75 Å². The van der Waals surface area contributed by atoms with Crippen molar-refractivity contribution in [2.75, 3.05) is 25.1 Å². The Balaban J connectivity index is 1.83. The fraction of sp³-hybridized carbons (Fsp3) is 0.300. The summed E-state index contributed by atoms with van der Waals surface area (Å²) in [4.78, 5) is 29.1. The number of rotatable bonds is 3. The van der Waals surface area contributed by atoms with Gasteiger partial charge in [0.25, 0.3) is 5.91 Å². The molecule has 0 radical (unpaired) electrons. The van der Waals surface area contributed by atoms with Gasteiger partial charge < -0.3 is 14.5 Å². The summed E-state index contributed by atoms with van der Waals surface area (Å²) in [7, 11) is 1.54. The molecule has 2 aromatic rings. The smallest absolute Gasteiger partial charge is 0.258 e. The van der Waals surface area contributed by atoms with E-state index in [0.29, 0.717) is 24.4 Å². The molecule has 0 saturated carbocycles. The zero-order valence-corrected chi connectivity index (χ0v) is 14.7. The van der Waals surface area contributed by atoms with Gasteiger partial charge in [0.05, 0.1) is 12.7 Å². The van der Waals surface area contributed by atoms with Crippen LogP contribution in [0.4, 0.5) is 5.69 Å². The van der Waals surface area contributed by atoms with Crippen molar-refractivity contribution in [1.29, 1.82) is 0 Å². The molecule has 1 heterocycles. The summed E-state index contributed by atoms with van der Waals surface area (Å²) in [5, 5.41) is 0. The van der Waals surface area contributed by atoms with Crippen LogP contribution in [0, 0.1) is 6.92 Å². The normalized spacial score (nSPS) is 17.6. The zero-order valence-electron chi connectivity index (χ0n) is 14.7. The fourth-order valence-electron chi connectivity index (χ4n) is 3.18. The molecule has 3 rings (SSSR count). The van der Waals surface area contributed by atoms with Crippen LogP contribution < -0.4 is 9.64 Å². The SMILES string of the molecule is COc1ccccc1C(=O)N1CCN(c2cccc(C)c2)C(=O)C1C. The molecular weight excluding hydrogens is 316 g/mol. The van der Waals surface area contributed by atoms with Crippen molar-refractivity contribution in [2.45, 2.75) is 19.9 Å². The third kappa shape index (κ3) is 3.22. The lowest BCUT2D eigenvalue weighted by molar-refractivity contribution is -0.124. The van der Waals surface area contributed by atoms with E-state index in [4.69, 9.17) is 4.74 Å². The Morgan fingerprint density at radius 1 is 1.12 bits per heavy atom. The number of carbonyl (C=O) groups excluding carboxylic acids is 2. The van der Waals surface area contributed by atoms with Gasteiger partial charge >= 0.3 is 0 Å². The van der Waals surface area contributed by atoms with Gasteiger partial charge in [-0.05, 0) is 43.7 Å². The first-order valence-corrected chi connectivity index (χ1v) is 8.35. The first-order chi connectivity index (χ1) is 12.0. The lowest BCUT2D eigenvalue weighted by Crippen LogP contribution is -2.57. The molecule has 2 amide bonds. The quantitative estimate of drug-likeness (QED) is 0.865. The molecular formula is C20H22N2O3. The molecule has 0 bridgehead atoms. The van der Waals surface area contributed by atoms with E-state index in [9.17, 15) is 9.59 Å². The minimum Gasteiger partial charge on any atom is -0.496 e. The second-order valence-electron chi connectivity index (χ2n) is 6.20. The Kier molecular flexibility index (Phi) is 4.74. The number of piperazine rings is 1. The molecule has 0 aliphatic carbocycles. The average Bonchev–Trinajstić information content (AvgIpc) is 2.63. The first-order valence-electron chi connectivity index (χ1n) is 8.35. The minimum absolute atomic E-state index is 0.0694. The summed E-state index contributed by atoms with van der Waals surface area (Å²) < 4.78 is 5.28. The van der Waals surface area contributed by atoms with Gasteiger partial charge in [-0.2, -0.15) is 0 Å². The number of aryl methyl sites for hydroxylation is 1. The molecule has 0 aromatic heterocycles. The number of ether oxygens (including phenoxy) is 1. The number of hydrogen-bond acceptors (Lipinski definition) is 3. The molecule has 130 valence electrons. The lowest BCUT2D eigenvalue weighted by atomic mass is 10.1. The lowest BCUT2D eigenvalue weighted by Gasteiger charge is -2.39. The van der Waals surface area contributed by atoms with E-state index in [1.807, 2.05) is 37.3 Å². The summed E-state index contributed by atoms with van der Waals surface area (Å²) in [6.45, 7) is 4.74. The van der Waals surface area contributed by atoms with Gasteiger partial charge in [-0.15, -0.1) is 0 Å². The monoisotopic (exact) mass is 338 g/mol. The van der Waals surface area contributed by atoms with Crippen molar-refractivity contribution in [1.82, 2.24) is 4.90 Å². The highest BCUT2D eigenvalue weighted by Crippen LogP contribution is 2.25. The molecule has 1 fully saturated rings. The predicted octanol–water partition coefficient (Wildman–Crippen LogP) is 2.88. The third-order valence-corrected chi connectivity index (χ3v) is 4.57. The molecule has 5 nitrogen and oxygen atoms in total. The Hall–Kier alpha value is -2.82. The van der Waals surface area contributed by atoms with Gasteiger partial charge in [-0.25, -0.2) is 0 Å². The summed E-state index contributed by atoms with van der Waals surface area (Å²) in [5.74, 6) is 0.274. The van der Waals surface area contributed by atoms with Crippen LogP contribution in [0.1, 0.15) is 22.8 Å². The maximum Gasteiger partial charge on any atom is 0.258 e. The van der Waals surface area contributed by atoms with Crippen LogP contribution in [-0.2, 0) is 4.79 Å². The van der Waals surface area contributed by atoms with Gasteiger partial charge in [0.15, 0.2) is 0 Å². The van der Waals surface area contributed by atoms with Crippen molar-refractivity contribution >= 4 is 17.5 Å². The zero-order chi connectivity index (χ0) is 18.0. The number of benzene rings is 2. The number of para-hydroxylation sites is 1. The number of carbonyl (C=O) groups is 2. The molecule has 1 saturated heterocycles. The largest absolute Gasteiger partial charge is 0.496 e. The van der Waals surface area contributed by atoms with Gasteiger partial charge in [-0.3, -0.25) is 9.59 Å². The van der Waals surface area contributed by atoms with Gasteiger partial charge in [0, 0.05) is 18.8 Å². The molecule has 25 heavy (non-hydrogen) atoms. The highest BCUT2D eigenvalue weighted by molar-refractivity contribution is 6.04. The average molecular weight is 338 g/mol. The highest BCUT2D eigenvalue weighted by Gasteiger charge is 2.36. The molecule has 1 aliphatic heterocycles. The minimum atomic E-state index is -0.522. The topological polar surface area (TPSA) is 49.9 Å². The Morgan fingerprint density at radius 3 is 2.60 bits per heavy atom. The van der Waals surface area contributed by atoms with Crippen molar-refractivity contribution in [2.24, 2.45) is 0 Å². The third-order valence-electron chi connectivity index (χ3n) is 4.57. The van der Waals surface area contributed by atoms with Crippen LogP contribution in [0.25, 0.3) is 0 Å². The number of nitrogens with zero attached hydrogens (tertiary/aromatic N) is 2. The standard InChI is InChI=1S/C20H22N2O3/c1-14-7-6-8-16(13-14)22-12-11-21(15(2)19(22)23)20(24)17-9-4-5-10-18(17)25-3/h4-10,13,15H,11-12H2,1-3H3. The van der Waals surface area contributed by atoms with E-state index in [1.165, 1.54) is 7.11 Å². The van der Waals surface area contributed by atoms with Crippen LogP contribution in [0.5, 0.6) is 5.75 Å². The molecule has 5 heteroatoms. The van der Waals surface area contributed by atoms with Gasteiger partial charge in [0.1, 0.15) is 11.8 Å². The second kappa shape index (κ2) is 6.97. The van der Waals surface area contributed by atoms with Crippen LogP contribution >= 0.6 is 0 Å². The maximum absolute atomic E-state index is 12.9. The summed E-state index contributed by atoms with van der Waals surface area (Å²) in [5.41, 5.74) is 2.46. The fourth-order valence-corrected chi connectivity index (χ4v) is 3.18. The van der Waals surface area contributed by atoms with Gasteiger partial charge in [-0.1, -0.05) is 24.3 Å². The summed E-state index contributed by atoms with van der Waals surface area (Å²) >= 11 is 0. The summed E-state index contributed by atoms with van der Waals surface area (Å²) in [6, 6.07) is 14.4. The first kappa shape index (κ1) is 17.0. The van der Waals surface area contributed by atoms with Gasteiger partial charge in [0.2, 0.25) is 5.91 Å². The molecule has 2 aromatic carbocycles. The van der Waals surface area contributed by atoms with Crippen molar-refractivity contribution < 1.29 is 14.3 Å². The Labute approximate surface area is 147 Å². The van der Waals surface area contributed by atoms with Crippen molar-refractivity contribution in [3.05, 3.63) is 59.7 Å². The molecule has 0 N–H and O–H groups in total. The van der Waals surface area contributed by atoms with E-state index >= 15 is 0 Å². The second-order valence-corrected chi connectivity index (χ2v) is 6.20. The number of methoxy groups -OCH3 is 1. The predicted molar refractivity (Wildman–Crippen MR) is 97.0 cm³/mol. The molecule has 1 unspecified atom stereocenters. The molecule has 0 spiro atoms. The Bertz CT molecular complexity index is 803. The van der Waals surface area contributed by atoms with E-state index in [1.54, 1.807) is 34.9 Å². The number of amides is 2. The maximum atomic E-state index is 12.9. The van der Waals surface area contributed by atoms with Crippen LogP contribution in [0.2, 0.25) is 0 Å². The molecule has 1 aliphatic rings. The van der Waals surface area contributed by atoms with Crippen molar-refractivity contribution in [3.63, 3.8) is 0 Å². The van der Waals surface area contributed by atoms with E-state index in [-0.39, 0.29) is 11.8 Å². The van der Waals surface area contributed by atoms with E-state index < -0.39 is 6.04 Å². The summed E-state index contributed by atoms with van der Waals surface area (Å²) in [6.07, 6.45) is 0. The van der Waals surface area contributed by atoms with E-state index in [0.717, 1.165) is 11.3 Å².